The highest BCUT2D eigenvalue weighted by molar-refractivity contribution is 5.83. The molecule has 2 aliphatic rings. The van der Waals surface area contributed by atoms with Crippen molar-refractivity contribution in [1.29, 1.82) is 0 Å². The van der Waals surface area contributed by atoms with E-state index in [1.54, 1.807) is 0 Å². The van der Waals surface area contributed by atoms with Crippen molar-refractivity contribution in [2.75, 3.05) is 13.2 Å². The van der Waals surface area contributed by atoms with Crippen LogP contribution in [-0.4, -0.2) is 30.1 Å². The molecule has 15 heavy (non-hydrogen) atoms. The smallest absolute Gasteiger partial charge is 0.240 e. The first-order valence-electron chi connectivity index (χ1n) is 6.33. The summed E-state index contributed by atoms with van der Waals surface area (Å²) in [6.45, 7) is 3.83. The average molecular weight is 210 g/mol. The average Bonchev–Trinajstić information content (AvgIpc) is 2.62. The summed E-state index contributed by atoms with van der Waals surface area (Å²) < 4.78 is 0. The number of rotatable bonds is 3. The van der Waals surface area contributed by atoms with Gasteiger partial charge >= 0.3 is 0 Å². The van der Waals surface area contributed by atoms with E-state index in [0.29, 0.717) is 5.91 Å². The zero-order valence-corrected chi connectivity index (χ0v) is 9.67. The Kier molecular flexibility index (Phi) is 3.62. The zero-order valence-electron chi connectivity index (χ0n) is 9.67. The van der Waals surface area contributed by atoms with E-state index in [4.69, 9.17) is 0 Å². The molecule has 1 amide bonds. The summed E-state index contributed by atoms with van der Waals surface area (Å²) in [5.74, 6) is 1.09. The molecule has 3 heteroatoms. The minimum absolute atomic E-state index is 0.0913. The molecule has 1 heterocycles. The summed E-state index contributed by atoms with van der Waals surface area (Å²) in [6, 6.07) is 0.0913. The van der Waals surface area contributed by atoms with E-state index in [1.807, 2.05) is 4.90 Å². The molecule has 0 aromatic rings. The lowest BCUT2D eigenvalue weighted by atomic mass is 9.89. The molecule has 0 aromatic carbocycles. The molecule has 1 aliphatic carbocycles. The van der Waals surface area contributed by atoms with Crippen molar-refractivity contribution in [3.63, 3.8) is 0 Å². The molecule has 0 bridgehead atoms. The molecule has 1 saturated carbocycles. The van der Waals surface area contributed by atoms with E-state index in [2.05, 4.69) is 12.2 Å². The lowest BCUT2D eigenvalue weighted by molar-refractivity contribution is -0.129. The quantitative estimate of drug-likeness (QED) is 0.769. The summed E-state index contributed by atoms with van der Waals surface area (Å²) in [4.78, 5) is 13.9. The van der Waals surface area contributed by atoms with Crippen molar-refractivity contribution < 1.29 is 4.79 Å². The Balaban J connectivity index is 1.82. The number of nitrogens with zero attached hydrogens (tertiary/aromatic N) is 1. The normalized spacial score (nSPS) is 28.7. The van der Waals surface area contributed by atoms with Gasteiger partial charge in [0.2, 0.25) is 5.91 Å². The second kappa shape index (κ2) is 4.97. The molecule has 1 unspecified atom stereocenters. The minimum atomic E-state index is 0.0913. The predicted molar refractivity (Wildman–Crippen MR) is 60.4 cm³/mol. The second-order valence-electron chi connectivity index (χ2n) is 4.89. The highest BCUT2D eigenvalue weighted by Crippen LogP contribution is 2.25. The third-order valence-corrected chi connectivity index (χ3v) is 3.75. The fraction of sp³-hybridized carbons (Fsp3) is 0.917. The van der Waals surface area contributed by atoms with Crippen LogP contribution in [0.3, 0.4) is 0 Å². The molecule has 1 saturated heterocycles. The number of hydrogen-bond donors (Lipinski definition) is 1. The Labute approximate surface area is 92.2 Å². The van der Waals surface area contributed by atoms with Crippen LogP contribution in [-0.2, 0) is 4.79 Å². The highest BCUT2D eigenvalue weighted by Gasteiger charge is 2.31. The third-order valence-electron chi connectivity index (χ3n) is 3.75. The van der Waals surface area contributed by atoms with Crippen LogP contribution in [0.5, 0.6) is 0 Å². The third kappa shape index (κ3) is 2.51. The maximum absolute atomic E-state index is 11.9. The lowest BCUT2D eigenvalue weighted by Gasteiger charge is -2.26. The lowest BCUT2D eigenvalue weighted by Crippen LogP contribution is -2.34. The van der Waals surface area contributed by atoms with Gasteiger partial charge < -0.3 is 4.90 Å². The van der Waals surface area contributed by atoms with E-state index < -0.39 is 0 Å². The van der Waals surface area contributed by atoms with Gasteiger partial charge in [0.25, 0.3) is 0 Å². The van der Waals surface area contributed by atoms with Gasteiger partial charge in [-0.1, -0.05) is 26.2 Å². The molecule has 2 fully saturated rings. The molecule has 0 spiro atoms. The number of carbonyl (C=O) groups is 1. The van der Waals surface area contributed by atoms with Crippen LogP contribution in [0.4, 0.5) is 0 Å². The van der Waals surface area contributed by atoms with Crippen LogP contribution in [0.25, 0.3) is 0 Å². The van der Waals surface area contributed by atoms with E-state index in [0.717, 1.165) is 25.6 Å². The maximum Gasteiger partial charge on any atom is 0.240 e. The Morgan fingerprint density at radius 1 is 1.33 bits per heavy atom. The second-order valence-corrected chi connectivity index (χ2v) is 4.89. The molecule has 1 aliphatic heterocycles. The van der Waals surface area contributed by atoms with Crippen molar-refractivity contribution >= 4 is 5.91 Å². The number of amides is 1. The summed E-state index contributed by atoms with van der Waals surface area (Å²) in [6.07, 6.45) is 7.66. The van der Waals surface area contributed by atoms with E-state index in [9.17, 15) is 4.79 Å². The molecule has 0 aromatic heterocycles. The van der Waals surface area contributed by atoms with Crippen LogP contribution in [0.2, 0.25) is 0 Å². The van der Waals surface area contributed by atoms with E-state index in [1.165, 1.54) is 32.1 Å². The molecule has 3 nitrogen and oxygen atoms in total. The predicted octanol–water partition coefficient (Wildman–Crippen LogP) is 1.73. The van der Waals surface area contributed by atoms with Crippen molar-refractivity contribution in [2.24, 2.45) is 5.92 Å². The van der Waals surface area contributed by atoms with Gasteiger partial charge in [0, 0.05) is 6.54 Å². The Bertz CT molecular complexity index is 224. The first-order valence-corrected chi connectivity index (χ1v) is 6.33. The van der Waals surface area contributed by atoms with E-state index >= 15 is 0 Å². The highest BCUT2D eigenvalue weighted by atomic mass is 16.2. The summed E-state index contributed by atoms with van der Waals surface area (Å²) in [7, 11) is 0. The molecule has 1 atom stereocenters. The van der Waals surface area contributed by atoms with Crippen molar-refractivity contribution in [1.82, 2.24) is 10.2 Å². The number of hydrogen-bond acceptors (Lipinski definition) is 2. The summed E-state index contributed by atoms with van der Waals surface area (Å²) in [5, 5.41) is 3.27. The van der Waals surface area contributed by atoms with Crippen LogP contribution >= 0.6 is 0 Å². The molecule has 2 rings (SSSR count). The van der Waals surface area contributed by atoms with Gasteiger partial charge in [-0.25, -0.2) is 0 Å². The summed E-state index contributed by atoms with van der Waals surface area (Å²) >= 11 is 0. The molecule has 86 valence electrons. The topological polar surface area (TPSA) is 32.3 Å². The Morgan fingerprint density at radius 3 is 2.67 bits per heavy atom. The molecular weight excluding hydrogens is 188 g/mol. The van der Waals surface area contributed by atoms with Gasteiger partial charge in [0.05, 0.1) is 12.7 Å². The van der Waals surface area contributed by atoms with Gasteiger partial charge in [-0.15, -0.1) is 0 Å². The Morgan fingerprint density at radius 2 is 2.07 bits per heavy atom. The van der Waals surface area contributed by atoms with Crippen LogP contribution in [0, 0.1) is 5.92 Å². The maximum atomic E-state index is 11.9. The number of nitrogens with one attached hydrogen (secondary N) is 1. The van der Waals surface area contributed by atoms with Gasteiger partial charge in [-0.3, -0.25) is 10.1 Å². The fourth-order valence-corrected chi connectivity index (χ4v) is 2.76. The fourth-order valence-electron chi connectivity index (χ4n) is 2.76. The minimum Gasteiger partial charge on any atom is -0.328 e. The monoisotopic (exact) mass is 210 g/mol. The van der Waals surface area contributed by atoms with E-state index in [-0.39, 0.29) is 6.04 Å². The van der Waals surface area contributed by atoms with Crippen molar-refractivity contribution in [3.8, 4) is 0 Å². The van der Waals surface area contributed by atoms with Gasteiger partial charge in [-0.05, 0) is 25.2 Å². The SMILES string of the molecule is CCC1NCN(CC2CCCCC2)C1=O. The standard InChI is InChI=1S/C12H22N2O/c1-2-11-12(15)14(9-13-11)8-10-6-4-3-5-7-10/h10-11,13H,2-9H2,1H3. The van der Waals surface area contributed by atoms with Gasteiger partial charge in [-0.2, -0.15) is 0 Å². The van der Waals surface area contributed by atoms with Crippen LogP contribution in [0.15, 0.2) is 0 Å². The van der Waals surface area contributed by atoms with Crippen LogP contribution in [0.1, 0.15) is 45.4 Å². The van der Waals surface area contributed by atoms with Crippen molar-refractivity contribution in [3.05, 3.63) is 0 Å². The Hall–Kier alpha value is -0.570. The first-order chi connectivity index (χ1) is 7.31. The van der Waals surface area contributed by atoms with Gasteiger partial charge in [0.15, 0.2) is 0 Å². The first kappa shape index (κ1) is 10.9. The zero-order chi connectivity index (χ0) is 10.7. The van der Waals surface area contributed by atoms with Gasteiger partial charge in [0.1, 0.15) is 0 Å². The molecule has 0 radical (unpaired) electrons. The summed E-state index contributed by atoms with van der Waals surface area (Å²) in [5.41, 5.74) is 0. The largest absolute Gasteiger partial charge is 0.328 e. The van der Waals surface area contributed by atoms with Crippen molar-refractivity contribution in [2.45, 2.75) is 51.5 Å². The molecule has 1 N–H and O–H groups in total. The van der Waals surface area contributed by atoms with Crippen LogP contribution < -0.4 is 5.32 Å². The molecular formula is C12H22N2O. The number of carbonyl (C=O) groups excluding carboxylic acids is 1.